The maximum absolute atomic E-state index is 6.11. The average molecular weight is 264 g/mol. The van der Waals surface area contributed by atoms with E-state index in [2.05, 4.69) is 51.7 Å². The van der Waals surface area contributed by atoms with Gasteiger partial charge in [-0.15, -0.1) is 0 Å². The fourth-order valence-corrected chi connectivity index (χ4v) is 1.79. The van der Waals surface area contributed by atoms with E-state index in [1.165, 1.54) is 5.69 Å². The van der Waals surface area contributed by atoms with Crippen molar-refractivity contribution in [2.75, 3.05) is 24.6 Å². The van der Waals surface area contributed by atoms with Crippen LogP contribution < -0.4 is 15.4 Å². The Morgan fingerprint density at radius 2 is 1.84 bits per heavy atom. The monoisotopic (exact) mass is 264 g/mol. The molecule has 0 saturated carbocycles. The smallest absolute Gasteiger partial charge is 0.121 e. The minimum atomic E-state index is 0.0320. The first kappa shape index (κ1) is 15.8. The van der Waals surface area contributed by atoms with Gasteiger partial charge in [0.15, 0.2) is 0 Å². The Morgan fingerprint density at radius 3 is 2.37 bits per heavy atom. The van der Waals surface area contributed by atoms with E-state index >= 15 is 0 Å². The fraction of sp³-hybridized carbons (Fsp3) is 0.625. The first-order chi connectivity index (χ1) is 8.88. The van der Waals surface area contributed by atoms with Crippen molar-refractivity contribution in [2.24, 2.45) is 11.1 Å². The molecule has 0 spiro atoms. The van der Waals surface area contributed by atoms with Crippen LogP contribution in [0.5, 0.6) is 5.75 Å². The molecule has 0 bridgehead atoms. The van der Waals surface area contributed by atoms with Crippen molar-refractivity contribution >= 4 is 5.69 Å². The van der Waals surface area contributed by atoms with Gasteiger partial charge < -0.3 is 15.4 Å². The third-order valence-corrected chi connectivity index (χ3v) is 3.49. The molecule has 0 radical (unpaired) electrons. The average Bonchev–Trinajstić information content (AvgIpc) is 2.37. The van der Waals surface area contributed by atoms with Crippen molar-refractivity contribution < 1.29 is 4.74 Å². The highest BCUT2D eigenvalue weighted by Gasteiger charge is 2.21. The van der Waals surface area contributed by atoms with Gasteiger partial charge in [-0.05, 0) is 31.4 Å². The van der Waals surface area contributed by atoms with Gasteiger partial charge in [0.25, 0.3) is 0 Å². The molecule has 2 N–H and O–H groups in total. The molecule has 1 aromatic carbocycles. The summed E-state index contributed by atoms with van der Waals surface area (Å²) in [5.74, 6) is 0.893. The van der Waals surface area contributed by atoms with Crippen molar-refractivity contribution in [1.82, 2.24) is 0 Å². The summed E-state index contributed by atoms with van der Waals surface area (Å²) >= 11 is 0. The first-order valence-corrected chi connectivity index (χ1v) is 7.11. The van der Waals surface area contributed by atoms with E-state index in [1.807, 2.05) is 12.1 Å². The molecule has 3 nitrogen and oxygen atoms in total. The zero-order valence-electron chi connectivity index (χ0n) is 12.9. The molecule has 0 aliphatic rings. The zero-order valence-corrected chi connectivity index (χ0v) is 12.9. The predicted octanol–water partition coefficient (Wildman–Crippen LogP) is 3.29. The SMILES string of the molecule is CCN(CC)c1cccc(OCC(N)C(C)(C)C)c1. The van der Waals surface area contributed by atoms with Crippen LogP contribution in [-0.2, 0) is 0 Å². The van der Waals surface area contributed by atoms with Gasteiger partial charge in [0.2, 0.25) is 0 Å². The summed E-state index contributed by atoms with van der Waals surface area (Å²) in [6.45, 7) is 13.3. The van der Waals surface area contributed by atoms with Crippen LogP contribution >= 0.6 is 0 Å². The fourth-order valence-electron chi connectivity index (χ4n) is 1.79. The van der Waals surface area contributed by atoms with Gasteiger partial charge >= 0.3 is 0 Å². The third kappa shape index (κ3) is 4.75. The van der Waals surface area contributed by atoms with Crippen LogP contribution in [0.15, 0.2) is 24.3 Å². The van der Waals surface area contributed by atoms with Crippen LogP contribution in [-0.4, -0.2) is 25.7 Å². The summed E-state index contributed by atoms with van der Waals surface area (Å²) in [7, 11) is 0. The van der Waals surface area contributed by atoms with Crippen molar-refractivity contribution in [1.29, 1.82) is 0 Å². The number of ether oxygens (including phenoxy) is 1. The normalized spacial score (nSPS) is 13.2. The van der Waals surface area contributed by atoms with E-state index in [-0.39, 0.29) is 11.5 Å². The van der Waals surface area contributed by atoms with Crippen molar-refractivity contribution in [3.05, 3.63) is 24.3 Å². The van der Waals surface area contributed by atoms with E-state index in [9.17, 15) is 0 Å². The summed E-state index contributed by atoms with van der Waals surface area (Å²) in [6.07, 6.45) is 0. The molecule has 0 amide bonds. The van der Waals surface area contributed by atoms with Gasteiger partial charge in [-0.1, -0.05) is 26.8 Å². The molecule has 19 heavy (non-hydrogen) atoms. The lowest BCUT2D eigenvalue weighted by Crippen LogP contribution is -2.40. The second-order valence-corrected chi connectivity index (χ2v) is 5.95. The Bertz CT molecular complexity index is 381. The molecule has 1 rings (SSSR count). The Kier molecular flexibility index (Phi) is 5.67. The highest BCUT2D eigenvalue weighted by molar-refractivity contribution is 5.50. The van der Waals surface area contributed by atoms with E-state index in [4.69, 9.17) is 10.5 Å². The molecular formula is C16H28N2O. The second-order valence-electron chi connectivity index (χ2n) is 5.95. The highest BCUT2D eigenvalue weighted by Crippen LogP contribution is 2.23. The minimum absolute atomic E-state index is 0.0320. The van der Waals surface area contributed by atoms with E-state index in [0.29, 0.717) is 6.61 Å². The molecular weight excluding hydrogens is 236 g/mol. The number of benzene rings is 1. The quantitative estimate of drug-likeness (QED) is 0.857. The molecule has 1 unspecified atom stereocenters. The summed E-state index contributed by atoms with van der Waals surface area (Å²) in [5.41, 5.74) is 7.38. The number of rotatable bonds is 6. The maximum Gasteiger partial charge on any atom is 0.121 e. The standard InChI is InChI=1S/C16H28N2O/c1-6-18(7-2)13-9-8-10-14(11-13)19-12-15(17)16(3,4)5/h8-11,15H,6-7,12,17H2,1-5H3. The summed E-state index contributed by atoms with van der Waals surface area (Å²) in [6, 6.07) is 8.25. The van der Waals surface area contributed by atoms with Crippen LogP contribution in [0.3, 0.4) is 0 Å². The van der Waals surface area contributed by atoms with Gasteiger partial charge in [-0.3, -0.25) is 0 Å². The van der Waals surface area contributed by atoms with Gasteiger partial charge in [0, 0.05) is 30.9 Å². The number of hydrogen-bond acceptors (Lipinski definition) is 3. The topological polar surface area (TPSA) is 38.5 Å². The Labute approximate surface area is 117 Å². The minimum Gasteiger partial charge on any atom is -0.492 e. The summed E-state index contributed by atoms with van der Waals surface area (Å²) in [4.78, 5) is 2.30. The molecule has 0 saturated heterocycles. The molecule has 0 aliphatic carbocycles. The van der Waals surface area contributed by atoms with Crippen LogP contribution in [0.2, 0.25) is 0 Å². The number of hydrogen-bond donors (Lipinski definition) is 1. The van der Waals surface area contributed by atoms with E-state index < -0.39 is 0 Å². The Hall–Kier alpha value is -1.22. The maximum atomic E-state index is 6.11. The molecule has 0 fully saturated rings. The van der Waals surface area contributed by atoms with Gasteiger partial charge in [0.1, 0.15) is 12.4 Å². The number of anilines is 1. The molecule has 1 atom stereocenters. The highest BCUT2D eigenvalue weighted by atomic mass is 16.5. The van der Waals surface area contributed by atoms with Crippen molar-refractivity contribution in [2.45, 2.75) is 40.7 Å². The van der Waals surface area contributed by atoms with E-state index in [0.717, 1.165) is 18.8 Å². The van der Waals surface area contributed by atoms with Gasteiger partial charge in [-0.25, -0.2) is 0 Å². The van der Waals surface area contributed by atoms with Crippen molar-refractivity contribution in [3.8, 4) is 5.75 Å². The molecule has 0 heterocycles. The van der Waals surface area contributed by atoms with Crippen LogP contribution in [0, 0.1) is 5.41 Å². The van der Waals surface area contributed by atoms with Crippen LogP contribution in [0.25, 0.3) is 0 Å². The molecule has 108 valence electrons. The molecule has 0 aliphatic heterocycles. The first-order valence-electron chi connectivity index (χ1n) is 7.11. The van der Waals surface area contributed by atoms with Crippen molar-refractivity contribution in [3.63, 3.8) is 0 Å². The number of nitrogens with zero attached hydrogens (tertiary/aromatic N) is 1. The lowest BCUT2D eigenvalue weighted by Gasteiger charge is -2.27. The second kappa shape index (κ2) is 6.80. The Balaban J connectivity index is 2.67. The van der Waals surface area contributed by atoms with Gasteiger partial charge in [-0.2, -0.15) is 0 Å². The van der Waals surface area contributed by atoms with Gasteiger partial charge in [0.05, 0.1) is 0 Å². The van der Waals surface area contributed by atoms with E-state index in [1.54, 1.807) is 0 Å². The number of nitrogens with two attached hydrogens (primary N) is 1. The molecule has 1 aromatic rings. The Morgan fingerprint density at radius 1 is 1.21 bits per heavy atom. The molecule has 0 aromatic heterocycles. The molecule has 3 heteroatoms. The lowest BCUT2D eigenvalue weighted by atomic mass is 9.88. The predicted molar refractivity (Wildman–Crippen MR) is 82.9 cm³/mol. The summed E-state index contributed by atoms with van der Waals surface area (Å²) < 4.78 is 5.82. The van der Waals surface area contributed by atoms with Crippen LogP contribution in [0.4, 0.5) is 5.69 Å². The summed E-state index contributed by atoms with van der Waals surface area (Å²) in [5, 5.41) is 0. The third-order valence-electron chi connectivity index (χ3n) is 3.49. The van der Waals surface area contributed by atoms with Crippen LogP contribution in [0.1, 0.15) is 34.6 Å². The zero-order chi connectivity index (χ0) is 14.5. The lowest BCUT2D eigenvalue weighted by molar-refractivity contribution is 0.205. The largest absolute Gasteiger partial charge is 0.492 e.